The van der Waals surface area contributed by atoms with Gasteiger partial charge in [0, 0.05) is 12.1 Å². The quantitative estimate of drug-likeness (QED) is 0.852. The molecule has 2 aromatic rings. The highest BCUT2D eigenvalue weighted by atomic mass is 32.2. The van der Waals surface area contributed by atoms with E-state index in [1.165, 1.54) is 25.3 Å². The van der Waals surface area contributed by atoms with E-state index >= 15 is 0 Å². The third-order valence-corrected chi connectivity index (χ3v) is 4.55. The summed E-state index contributed by atoms with van der Waals surface area (Å²) in [6, 6.07) is 13.4. The standard InChI is InChI=1S/C16H18FNO3S/c1-21-16-8-7-15(17)11-14(16)12-18-22(19,20)10-9-13-5-3-2-4-6-13/h2-8,11,18H,9-10,12H2,1H3. The molecule has 0 fully saturated rings. The number of sulfonamides is 1. The molecule has 0 heterocycles. The van der Waals surface area contributed by atoms with Gasteiger partial charge in [-0.3, -0.25) is 0 Å². The monoisotopic (exact) mass is 323 g/mol. The summed E-state index contributed by atoms with van der Waals surface area (Å²) < 4.78 is 44.8. The van der Waals surface area contributed by atoms with Gasteiger partial charge < -0.3 is 4.74 Å². The molecular formula is C16H18FNO3S. The Morgan fingerprint density at radius 3 is 2.55 bits per heavy atom. The van der Waals surface area contributed by atoms with Crippen LogP contribution in [0.4, 0.5) is 4.39 Å². The van der Waals surface area contributed by atoms with Gasteiger partial charge >= 0.3 is 0 Å². The molecular weight excluding hydrogens is 305 g/mol. The molecule has 1 N–H and O–H groups in total. The van der Waals surface area contributed by atoms with E-state index in [1.54, 1.807) is 0 Å². The van der Waals surface area contributed by atoms with Crippen molar-refractivity contribution in [2.24, 2.45) is 0 Å². The molecule has 0 aliphatic rings. The first-order valence-electron chi connectivity index (χ1n) is 6.84. The number of ether oxygens (including phenoxy) is 1. The highest BCUT2D eigenvalue weighted by Gasteiger charge is 2.12. The van der Waals surface area contributed by atoms with Crippen molar-refractivity contribution in [3.05, 3.63) is 65.5 Å². The van der Waals surface area contributed by atoms with Crippen molar-refractivity contribution < 1.29 is 17.5 Å². The SMILES string of the molecule is COc1ccc(F)cc1CNS(=O)(=O)CCc1ccccc1. The maximum Gasteiger partial charge on any atom is 0.212 e. The predicted molar refractivity (Wildman–Crippen MR) is 83.7 cm³/mol. The average Bonchev–Trinajstić information content (AvgIpc) is 2.52. The lowest BCUT2D eigenvalue weighted by Gasteiger charge is -2.10. The van der Waals surface area contributed by atoms with Crippen LogP contribution in [0.25, 0.3) is 0 Å². The highest BCUT2D eigenvalue weighted by molar-refractivity contribution is 7.89. The van der Waals surface area contributed by atoms with Crippen molar-refractivity contribution in [2.75, 3.05) is 12.9 Å². The van der Waals surface area contributed by atoms with E-state index in [0.717, 1.165) is 5.56 Å². The molecule has 4 nitrogen and oxygen atoms in total. The number of halogens is 1. The van der Waals surface area contributed by atoms with E-state index < -0.39 is 15.8 Å². The molecule has 0 atom stereocenters. The van der Waals surface area contributed by atoms with Crippen molar-refractivity contribution >= 4 is 10.0 Å². The van der Waals surface area contributed by atoms with Crippen LogP contribution in [0.5, 0.6) is 5.75 Å². The van der Waals surface area contributed by atoms with Gasteiger partial charge in [0.25, 0.3) is 0 Å². The predicted octanol–water partition coefficient (Wildman–Crippen LogP) is 2.50. The van der Waals surface area contributed by atoms with Gasteiger partial charge in [-0.1, -0.05) is 30.3 Å². The molecule has 0 amide bonds. The molecule has 0 spiro atoms. The molecule has 2 aromatic carbocycles. The fourth-order valence-electron chi connectivity index (χ4n) is 2.04. The zero-order chi connectivity index (χ0) is 16.0. The molecule has 0 saturated heterocycles. The lowest BCUT2D eigenvalue weighted by molar-refractivity contribution is 0.407. The van der Waals surface area contributed by atoms with Gasteiger partial charge in [-0.15, -0.1) is 0 Å². The number of hydrogen-bond acceptors (Lipinski definition) is 3. The summed E-state index contributed by atoms with van der Waals surface area (Å²) in [5.74, 6) is 0.000653. The van der Waals surface area contributed by atoms with E-state index in [2.05, 4.69) is 4.72 Å². The zero-order valence-corrected chi connectivity index (χ0v) is 13.1. The second-order valence-corrected chi connectivity index (χ2v) is 6.76. The van der Waals surface area contributed by atoms with Crippen molar-refractivity contribution in [1.29, 1.82) is 0 Å². The molecule has 0 saturated carbocycles. The minimum Gasteiger partial charge on any atom is -0.496 e. The van der Waals surface area contributed by atoms with E-state index in [1.807, 2.05) is 30.3 Å². The average molecular weight is 323 g/mol. The summed E-state index contributed by atoms with van der Waals surface area (Å²) in [6.07, 6.45) is 0.427. The van der Waals surface area contributed by atoms with Crippen LogP contribution in [0.3, 0.4) is 0 Å². The fraction of sp³-hybridized carbons (Fsp3) is 0.250. The Bertz CT molecular complexity index is 717. The zero-order valence-electron chi connectivity index (χ0n) is 12.3. The first-order chi connectivity index (χ1) is 10.5. The largest absolute Gasteiger partial charge is 0.496 e. The number of benzene rings is 2. The van der Waals surface area contributed by atoms with Crippen molar-refractivity contribution in [3.63, 3.8) is 0 Å². The summed E-state index contributed by atoms with van der Waals surface area (Å²) in [5, 5.41) is 0. The Hall–Kier alpha value is -1.92. The summed E-state index contributed by atoms with van der Waals surface area (Å²) in [6.45, 7) is -0.00193. The number of rotatable bonds is 7. The van der Waals surface area contributed by atoms with Gasteiger partial charge in [0.05, 0.1) is 12.9 Å². The maximum absolute atomic E-state index is 13.2. The van der Waals surface area contributed by atoms with Crippen LogP contribution in [-0.2, 0) is 23.0 Å². The summed E-state index contributed by atoms with van der Waals surface area (Å²) >= 11 is 0. The molecule has 0 aromatic heterocycles. The van der Waals surface area contributed by atoms with Crippen LogP contribution in [0.15, 0.2) is 48.5 Å². The number of hydrogen-bond donors (Lipinski definition) is 1. The second kappa shape index (κ2) is 7.38. The third-order valence-electron chi connectivity index (χ3n) is 3.23. The molecule has 0 bridgehead atoms. The fourth-order valence-corrected chi connectivity index (χ4v) is 3.07. The van der Waals surface area contributed by atoms with Crippen LogP contribution in [0.2, 0.25) is 0 Å². The first-order valence-corrected chi connectivity index (χ1v) is 8.49. The van der Waals surface area contributed by atoms with Crippen LogP contribution in [0.1, 0.15) is 11.1 Å². The van der Waals surface area contributed by atoms with Crippen molar-refractivity contribution in [2.45, 2.75) is 13.0 Å². The van der Waals surface area contributed by atoms with Gasteiger partial charge in [0.15, 0.2) is 0 Å². The molecule has 0 aliphatic carbocycles. The van der Waals surface area contributed by atoms with E-state index in [-0.39, 0.29) is 12.3 Å². The number of methoxy groups -OCH3 is 1. The van der Waals surface area contributed by atoms with Crippen molar-refractivity contribution in [3.8, 4) is 5.75 Å². The van der Waals surface area contributed by atoms with Crippen LogP contribution < -0.4 is 9.46 Å². The Balaban J connectivity index is 1.96. The lowest BCUT2D eigenvalue weighted by atomic mass is 10.2. The van der Waals surface area contributed by atoms with E-state index in [9.17, 15) is 12.8 Å². The van der Waals surface area contributed by atoms with Gasteiger partial charge in [0.1, 0.15) is 11.6 Å². The molecule has 0 aliphatic heterocycles. The van der Waals surface area contributed by atoms with E-state index in [4.69, 9.17) is 4.74 Å². The van der Waals surface area contributed by atoms with E-state index in [0.29, 0.717) is 17.7 Å². The van der Waals surface area contributed by atoms with Crippen molar-refractivity contribution in [1.82, 2.24) is 4.72 Å². The molecule has 2 rings (SSSR count). The lowest BCUT2D eigenvalue weighted by Crippen LogP contribution is -2.27. The Morgan fingerprint density at radius 2 is 1.86 bits per heavy atom. The summed E-state index contributed by atoms with van der Waals surface area (Å²) in [5.41, 5.74) is 1.42. The molecule has 22 heavy (non-hydrogen) atoms. The topological polar surface area (TPSA) is 55.4 Å². The van der Waals surface area contributed by atoms with Crippen LogP contribution in [0, 0.1) is 5.82 Å². The molecule has 0 radical (unpaired) electrons. The third kappa shape index (κ3) is 4.82. The number of nitrogens with one attached hydrogen (secondary N) is 1. The Morgan fingerprint density at radius 1 is 1.14 bits per heavy atom. The Labute approximate surface area is 130 Å². The van der Waals surface area contributed by atoms with Gasteiger partial charge in [-0.05, 0) is 30.2 Å². The minimum absolute atomic E-state index is 0.00193. The molecule has 0 unspecified atom stereocenters. The highest BCUT2D eigenvalue weighted by Crippen LogP contribution is 2.19. The maximum atomic E-state index is 13.2. The molecule has 6 heteroatoms. The smallest absolute Gasteiger partial charge is 0.212 e. The van der Waals surface area contributed by atoms with Gasteiger partial charge in [-0.25, -0.2) is 17.5 Å². The number of aryl methyl sites for hydroxylation is 1. The minimum atomic E-state index is -3.44. The van der Waals surface area contributed by atoms with Crippen LogP contribution >= 0.6 is 0 Å². The van der Waals surface area contributed by atoms with Gasteiger partial charge in [0.2, 0.25) is 10.0 Å². The Kier molecular flexibility index (Phi) is 5.51. The molecule has 118 valence electrons. The van der Waals surface area contributed by atoms with Gasteiger partial charge in [-0.2, -0.15) is 0 Å². The van der Waals surface area contributed by atoms with Crippen LogP contribution in [-0.4, -0.2) is 21.3 Å². The normalized spacial score (nSPS) is 11.4. The summed E-state index contributed by atoms with van der Waals surface area (Å²) in [4.78, 5) is 0. The summed E-state index contributed by atoms with van der Waals surface area (Å²) in [7, 11) is -1.98. The second-order valence-electron chi connectivity index (χ2n) is 4.83. The first kappa shape index (κ1) is 16.5.